The Morgan fingerprint density at radius 2 is 2.25 bits per heavy atom. The average Bonchev–Trinajstić information content (AvgIpc) is 3.22. The van der Waals surface area contributed by atoms with Crippen molar-refractivity contribution in [1.29, 1.82) is 0 Å². The van der Waals surface area contributed by atoms with Crippen LogP contribution in [0.3, 0.4) is 0 Å². The van der Waals surface area contributed by atoms with Crippen molar-refractivity contribution in [2.45, 2.75) is 37.9 Å². The van der Waals surface area contributed by atoms with E-state index >= 15 is 0 Å². The summed E-state index contributed by atoms with van der Waals surface area (Å²) in [5.41, 5.74) is 2.36. The Hall–Kier alpha value is -1.49. The smallest absolute Gasteiger partial charge is 0.356 e. The van der Waals surface area contributed by atoms with E-state index in [0.717, 1.165) is 30.6 Å². The largest absolute Gasteiger partial charge is 0.464 e. The van der Waals surface area contributed by atoms with Crippen LogP contribution in [0.5, 0.6) is 0 Å². The van der Waals surface area contributed by atoms with Gasteiger partial charge in [-0.2, -0.15) is 0 Å². The number of likely N-dealkylation sites (tertiary alicyclic amines) is 1. The fourth-order valence-electron chi connectivity index (χ4n) is 2.69. The molecule has 0 aromatic carbocycles. The molecule has 0 radical (unpaired) electrons. The van der Waals surface area contributed by atoms with Crippen molar-refractivity contribution in [3.63, 3.8) is 0 Å². The topological polar surface area (TPSA) is 42.4 Å². The summed E-state index contributed by atoms with van der Waals surface area (Å²) >= 11 is 0. The molecule has 5 heteroatoms. The number of halogens is 1. The highest BCUT2D eigenvalue weighted by Crippen LogP contribution is 2.39. The molecule has 1 saturated carbocycles. The maximum absolute atomic E-state index is 13.2. The van der Waals surface area contributed by atoms with Crippen molar-refractivity contribution in [3.8, 4) is 0 Å². The molecule has 2 heterocycles. The van der Waals surface area contributed by atoms with E-state index < -0.39 is 12.1 Å². The van der Waals surface area contributed by atoms with Crippen molar-refractivity contribution < 1.29 is 13.9 Å². The number of ether oxygens (including phenoxy) is 1. The molecule has 1 saturated heterocycles. The van der Waals surface area contributed by atoms with E-state index in [1.54, 1.807) is 6.07 Å². The maximum atomic E-state index is 13.2. The van der Waals surface area contributed by atoms with Crippen molar-refractivity contribution in [2.24, 2.45) is 0 Å². The van der Waals surface area contributed by atoms with Crippen LogP contribution >= 0.6 is 0 Å². The van der Waals surface area contributed by atoms with E-state index in [2.05, 4.69) is 16.0 Å². The van der Waals surface area contributed by atoms with Gasteiger partial charge in [0, 0.05) is 31.2 Å². The lowest BCUT2D eigenvalue weighted by atomic mass is 10.1. The summed E-state index contributed by atoms with van der Waals surface area (Å²) in [6, 6.07) is 3.82. The minimum atomic E-state index is -0.722. The molecule has 1 aromatic heterocycles. The molecule has 108 valence electrons. The number of hydrogen-bond donors (Lipinski definition) is 0. The van der Waals surface area contributed by atoms with Crippen molar-refractivity contribution in [3.05, 3.63) is 29.1 Å². The van der Waals surface area contributed by atoms with Crippen LogP contribution in [-0.4, -0.2) is 42.2 Å². The molecule has 2 fully saturated rings. The van der Waals surface area contributed by atoms with Crippen LogP contribution in [0.2, 0.25) is 0 Å². The van der Waals surface area contributed by atoms with Crippen LogP contribution in [0.15, 0.2) is 12.1 Å². The van der Waals surface area contributed by atoms with Gasteiger partial charge >= 0.3 is 5.97 Å². The van der Waals surface area contributed by atoms with E-state index in [4.69, 9.17) is 4.74 Å². The highest BCUT2D eigenvalue weighted by molar-refractivity contribution is 5.87. The van der Waals surface area contributed by atoms with Crippen LogP contribution in [0.4, 0.5) is 4.39 Å². The number of nitrogens with zero attached hydrogens (tertiary/aromatic N) is 2. The van der Waals surface area contributed by atoms with E-state index in [1.165, 1.54) is 7.11 Å². The van der Waals surface area contributed by atoms with Gasteiger partial charge < -0.3 is 4.74 Å². The third-order valence-corrected chi connectivity index (χ3v) is 3.92. The van der Waals surface area contributed by atoms with Crippen LogP contribution in [0.25, 0.3) is 0 Å². The molecular formula is C15H19FN2O2. The number of carbonyl (C=O) groups excluding carboxylic acids is 1. The van der Waals surface area contributed by atoms with Gasteiger partial charge in [0.05, 0.1) is 7.11 Å². The Morgan fingerprint density at radius 3 is 2.85 bits per heavy atom. The zero-order chi connectivity index (χ0) is 14.1. The number of aromatic nitrogens is 1. The number of hydrogen-bond acceptors (Lipinski definition) is 4. The number of carbonyl (C=O) groups is 1. The molecule has 0 N–H and O–H groups in total. The van der Waals surface area contributed by atoms with Gasteiger partial charge in [-0.15, -0.1) is 0 Å². The zero-order valence-corrected chi connectivity index (χ0v) is 11.6. The molecule has 1 atom stereocenters. The number of pyridine rings is 1. The standard InChI is InChI=1S/C15H19FN2O2/c1-20-15(19)14-7-10(6-13(17-14)11-2-3-11)8-18-5-4-12(16)9-18/h6-7,11-12H,2-5,8-9H2,1H3/t12-/m0/s1. The lowest BCUT2D eigenvalue weighted by molar-refractivity contribution is 0.0593. The fourth-order valence-corrected chi connectivity index (χ4v) is 2.69. The first kappa shape index (κ1) is 13.5. The molecule has 3 rings (SSSR count). The Bertz CT molecular complexity index is 517. The summed E-state index contributed by atoms with van der Waals surface area (Å²) in [6.45, 7) is 1.93. The Labute approximate surface area is 117 Å². The first-order chi connectivity index (χ1) is 9.65. The third-order valence-electron chi connectivity index (χ3n) is 3.92. The molecular weight excluding hydrogens is 259 g/mol. The molecule has 0 unspecified atom stereocenters. The minimum absolute atomic E-state index is 0.364. The van der Waals surface area contributed by atoms with E-state index in [-0.39, 0.29) is 0 Å². The summed E-state index contributed by atoms with van der Waals surface area (Å²) in [6.07, 6.45) is 2.14. The number of rotatable bonds is 4. The fraction of sp³-hybridized carbons (Fsp3) is 0.600. The van der Waals surface area contributed by atoms with Gasteiger partial charge in [-0.3, -0.25) is 4.90 Å². The van der Waals surface area contributed by atoms with Gasteiger partial charge in [-0.05, 0) is 37.0 Å². The van der Waals surface area contributed by atoms with Gasteiger partial charge in [0.25, 0.3) is 0 Å². The van der Waals surface area contributed by atoms with Crippen LogP contribution in [-0.2, 0) is 11.3 Å². The second-order valence-corrected chi connectivity index (χ2v) is 5.67. The summed E-state index contributed by atoms with van der Waals surface area (Å²) in [5, 5.41) is 0. The van der Waals surface area contributed by atoms with Gasteiger partial charge in [-0.25, -0.2) is 14.2 Å². The normalized spacial score (nSPS) is 23.0. The van der Waals surface area contributed by atoms with Gasteiger partial charge in [-0.1, -0.05) is 0 Å². The first-order valence-corrected chi connectivity index (χ1v) is 7.11. The van der Waals surface area contributed by atoms with Crippen LogP contribution < -0.4 is 0 Å². The van der Waals surface area contributed by atoms with Gasteiger partial charge in [0.2, 0.25) is 0 Å². The summed E-state index contributed by atoms with van der Waals surface area (Å²) in [5.74, 6) is 0.0735. The number of esters is 1. The monoisotopic (exact) mass is 278 g/mol. The summed E-state index contributed by atoms with van der Waals surface area (Å²) in [7, 11) is 1.36. The van der Waals surface area contributed by atoms with Crippen LogP contribution in [0, 0.1) is 0 Å². The van der Waals surface area contributed by atoms with E-state index in [1.807, 2.05) is 0 Å². The number of alkyl halides is 1. The molecule has 1 aliphatic carbocycles. The molecule has 1 aliphatic heterocycles. The lowest BCUT2D eigenvalue weighted by Crippen LogP contribution is -2.21. The predicted octanol–water partition coefficient (Wildman–Crippen LogP) is 2.29. The third kappa shape index (κ3) is 2.98. The van der Waals surface area contributed by atoms with Crippen LogP contribution in [0.1, 0.15) is 46.9 Å². The van der Waals surface area contributed by atoms with Gasteiger partial charge in [0.1, 0.15) is 11.9 Å². The Morgan fingerprint density at radius 1 is 1.45 bits per heavy atom. The molecule has 2 aliphatic rings. The lowest BCUT2D eigenvalue weighted by Gasteiger charge is -2.15. The second kappa shape index (κ2) is 5.48. The van der Waals surface area contributed by atoms with Crippen molar-refractivity contribution >= 4 is 5.97 Å². The molecule has 0 spiro atoms. The molecule has 1 aromatic rings. The second-order valence-electron chi connectivity index (χ2n) is 5.67. The van der Waals surface area contributed by atoms with Gasteiger partial charge in [0.15, 0.2) is 0 Å². The molecule has 4 nitrogen and oxygen atoms in total. The predicted molar refractivity (Wildman–Crippen MR) is 72.3 cm³/mol. The summed E-state index contributed by atoms with van der Waals surface area (Å²) in [4.78, 5) is 18.2. The Balaban J connectivity index is 1.81. The average molecular weight is 278 g/mol. The molecule has 0 amide bonds. The SMILES string of the molecule is COC(=O)c1cc(CN2CC[C@H](F)C2)cc(C2CC2)n1. The Kier molecular flexibility index (Phi) is 3.70. The number of methoxy groups -OCH3 is 1. The van der Waals surface area contributed by atoms with E-state index in [0.29, 0.717) is 31.1 Å². The molecule has 0 bridgehead atoms. The zero-order valence-electron chi connectivity index (χ0n) is 11.6. The maximum Gasteiger partial charge on any atom is 0.356 e. The van der Waals surface area contributed by atoms with Crippen molar-refractivity contribution in [1.82, 2.24) is 9.88 Å². The quantitative estimate of drug-likeness (QED) is 0.793. The van der Waals surface area contributed by atoms with E-state index in [9.17, 15) is 9.18 Å². The highest BCUT2D eigenvalue weighted by Gasteiger charge is 2.27. The first-order valence-electron chi connectivity index (χ1n) is 7.11. The van der Waals surface area contributed by atoms with Crippen molar-refractivity contribution in [2.75, 3.05) is 20.2 Å². The summed E-state index contributed by atoms with van der Waals surface area (Å²) < 4.78 is 18.0. The highest BCUT2D eigenvalue weighted by atomic mass is 19.1. The minimum Gasteiger partial charge on any atom is -0.464 e. The molecule has 20 heavy (non-hydrogen) atoms.